The molecule has 208 valence electrons. The second-order valence-corrected chi connectivity index (χ2v) is 11.9. The normalized spacial score (nSPS) is 31.9. The van der Waals surface area contributed by atoms with Crippen molar-refractivity contribution in [2.75, 3.05) is 33.0 Å². The molecule has 10 heteroatoms. The number of carbonyl (C=O) groups is 3. The van der Waals surface area contributed by atoms with Gasteiger partial charge in [-0.05, 0) is 77.2 Å². The minimum absolute atomic E-state index is 0.0382. The average Bonchev–Trinajstić information content (AvgIpc) is 3.12. The van der Waals surface area contributed by atoms with E-state index in [1.54, 1.807) is 4.90 Å². The number of amides is 2. The number of ether oxygens (including phenoxy) is 4. The molecular weight excluding hydrogens is 480 g/mol. The Hall–Kier alpha value is -2.33. The summed E-state index contributed by atoms with van der Waals surface area (Å²) in [4.78, 5) is 37.5. The summed E-state index contributed by atoms with van der Waals surface area (Å²) in [5.74, 6) is 1.15. The first-order chi connectivity index (χ1) is 17.5. The lowest BCUT2D eigenvalue weighted by molar-refractivity contribution is -0.138. The first-order valence-corrected chi connectivity index (χ1v) is 13.6. The van der Waals surface area contributed by atoms with Gasteiger partial charge < -0.3 is 34.3 Å². The molecule has 0 aromatic rings. The molecule has 37 heavy (non-hydrogen) atoms. The van der Waals surface area contributed by atoms with E-state index in [1.807, 2.05) is 20.8 Å². The highest BCUT2D eigenvalue weighted by Gasteiger charge is 2.53. The summed E-state index contributed by atoms with van der Waals surface area (Å²) in [5, 5.41) is 11.8. The van der Waals surface area contributed by atoms with E-state index in [1.165, 1.54) is 0 Å². The fourth-order valence-corrected chi connectivity index (χ4v) is 5.90. The van der Waals surface area contributed by atoms with Crippen molar-refractivity contribution in [3.63, 3.8) is 0 Å². The van der Waals surface area contributed by atoms with Crippen molar-refractivity contribution in [3.05, 3.63) is 11.8 Å². The van der Waals surface area contributed by atoms with Crippen molar-refractivity contribution < 1.29 is 38.4 Å². The van der Waals surface area contributed by atoms with E-state index in [9.17, 15) is 14.4 Å². The molecule has 2 saturated heterocycles. The minimum Gasteiger partial charge on any atom is -0.498 e. The minimum atomic E-state index is -0.791. The van der Waals surface area contributed by atoms with Crippen molar-refractivity contribution in [2.24, 2.45) is 11.8 Å². The second kappa shape index (κ2) is 11.6. The number of carboxylic acids is 1. The van der Waals surface area contributed by atoms with Crippen molar-refractivity contribution in [3.8, 4) is 0 Å². The lowest BCUT2D eigenvalue weighted by Gasteiger charge is -2.42. The smallest absolute Gasteiger partial charge is 0.410 e. The highest BCUT2D eigenvalue weighted by molar-refractivity contribution is 5.79. The molecule has 0 bridgehead atoms. The van der Waals surface area contributed by atoms with E-state index >= 15 is 0 Å². The van der Waals surface area contributed by atoms with E-state index in [-0.39, 0.29) is 37.2 Å². The fourth-order valence-electron chi connectivity index (χ4n) is 5.90. The zero-order valence-corrected chi connectivity index (χ0v) is 22.3. The van der Waals surface area contributed by atoms with Crippen LogP contribution in [0.4, 0.5) is 4.79 Å². The Kier molecular flexibility index (Phi) is 8.68. The zero-order valence-electron chi connectivity index (χ0n) is 22.3. The number of allylic oxidation sites excluding steroid dienone is 2. The molecule has 0 radical (unpaired) electrons. The molecular formula is C27H42N2O8. The molecule has 2 aliphatic carbocycles. The summed E-state index contributed by atoms with van der Waals surface area (Å²) in [6, 6.07) is -0.347. The van der Waals surface area contributed by atoms with Crippen LogP contribution in [0.5, 0.6) is 0 Å². The molecule has 2 aliphatic heterocycles. The number of morpholine rings is 1. The second-order valence-electron chi connectivity index (χ2n) is 11.9. The summed E-state index contributed by atoms with van der Waals surface area (Å²) in [6.07, 6.45) is 8.18. The summed E-state index contributed by atoms with van der Waals surface area (Å²) >= 11 is 0. The summed E-state index contributed by atoms with van der Waals surface area (Å²) in [5.41, 5.74) is -1.26. The maximum atomic E-state index is 13.0. The Bertz CT molecular complexity index is 876. The van der Waals surface area contributed by atoms with Gasteiger partial charge in [0.15, 0.2) is 0 Å². The molecule has 10 nitrogen and oxygen atoms in total. The summed E-state index contributed by atoms with van der Waals surface area (Å²) in [7, 11) is 0. The number of hydrogen-bond donors (Lipinski definition) is 2. The summed E-state index contributed by atoms with van der Waals surface area (Å²) in [6.45, 7) is 7.20. The van der Waals surface area contributed by atoms with Crippen LogP contribution in [0.25, 0.3) is 0 Å². The molecule has 1 saturated carbocycles. The van der Waals surface area contributed by atoms with Gasteiger partial charge in [0.1, 0.15) is 12.2 Å². The third kappa shape index (κ3) is 7.16. The van der Waals surface area contributed by atoms with Crippen LogP contribution in [0.3, 0.4) is 0 Å². The van der Waals surface area contributed by atoms with Crippen LogP contribution in [0.1, 0.15) is 72.1 Å². The fraction of sp³-hybridized carbons (Fsp3) is 0.815. The van der Waals surface area contributed by atoms with Gasteiger partial charge >= 0.3 is 12.1 Å². The molecule has 4 rings (SSSR count). The lowest BCUT2D eigenvalue weighted by atomic mass is 9.73. The molecule has 4 aliphatic rings. The standard InChI is InChI=1S/C27H42N2O8/c1-26(2,3)37-25(33)29-11-10-27(17-34-16-23(30)28-27)22(29)15-36-20-8-6-18(7-9-20)19-13-21(14-19)35-12-4-5-24(31)32/h13,18-20,22H,4-12,14-17H2,1-3H3,(H,28,30)(H,31,32)/t18-,19?,20-,22?,27?. The van der Waals surface area contributed by atoms with Crippen LogP contribution in [-0.4, -0.2) is 84.2 Å². The van der Waals surface area contributed by atoms with Gasteiger partial charge in [-0.25, -0.2) is 4.79 Å². The number of carbonyl (C=O) groups excluding carboxylic acids is 2. The van der Waals surface area contributed by atoms with Crippen LogP contribution >= 0.6 is 0 Å². The van der Waals surface area contributed by atoms with Crippen molar-refractivity contribution in [1.82, 2.24) is 10.2 Å². The number of carboxylic acid groups (broad SMARTS) is 1. The van der Waals surface area contributed by atoms with Gasteiger partial charge in [-0.3, -0.25) is 9.59 Å². The molecule has 3 atom stereocenters. The topological polar surface area (TPSA) is 124 Å². The van der Waals surface area contributed by atoms with Crippen LogP contribution in [0.15, 0.2) is 11.8 Å². The molecule has 0 aromatic heterocycles. The van der Waals surface area contributed by atoms with Gasteiger partial charge in [0.05, 0.1) is 43.3 Å². The Balaban J connectivity index is 1.26. The summed E-state index contributed by atoms with van der Waals surface area (Å²) < 4.78 is 23.3. The Labute approximate surface area is 219 Å². The van der Waals surface area contributed by atoms with Gasteiger partial charge in [-0.2, -0.15) is 0 Å². The number of rotatable bonds is 9. The quantitative estimate of drug-likeness (QED) is 0.443. The first-order valence-electron chi connectivity index (χ1n) is 13.6. The molecule has 3 unspecified atom stereocenters. The Morgan fingerprint density at radius 3 is 2.62 bits per heavy atom. The van der Waals surface area contributed by atoms with Gasteiger partial charge in [0.2, 0.25) is 5.91 Å². The monoisotopic (exact) mass is 522 g/mol. The molecule has 2 N–H and O–H groups in total. The third-order valence-electron chi connectivity index (χ3n) is 7.90. The van der Waals surface area contributed by atoms with E-state index < -0.39 is 17.1 Å². The number of nitrogens with zero attached hydrogens (tertiary/aromatic N) is 1. The Morgan fingerprint density at radius 1 is 1.24 bits per heavy atom. The van der Waals surface area contributed by atoms with E-state index in [0.29, 0.717) is 51.0 Å². The van der Waals surface area contributed by atoms with Crippen molar-refractivity contribution in [1.29, 1.82) is 0 Å². The SMILES string of the molecule is CC(C)(C)OC(=O)N1CCC2(COCC(=O)N2)C1CO[C@H]1CC[C@H](C2C=C(OCCCC(=O)O)C2)CC1. The molecule has 0 aromatic carbocycles. The van der Waals surface area contributed by atoms with Gasteiger partial charge in [-0.1, -0.05) is 0 Å². The van der Waals surface area contributed by atoms with Crippen molar-refractivity contribution in [2.45, 2.75) is 95.4 Å². The molecule has 1 spiro atoms. The number of aliphatic carboxylic acids is 1. The zero-order chi connectivity index (χ0) is 26.6. The average molecular weight is 523 g/mol. The van der Waals surface area contributed by atoms with Gasteiger partial charge in [0.25, 0.3) is 0 Å². The predicted molar refractivity (Wildman–Crippen MR) is 134 cm³/mol. The van der Waals surface area contributed by atoms with Gasteiger partial charge in [-0.15, -0.1) is 0 Å². The maximum Gasteiger partial charge on any atom is 0.410 e. The van der Waals surface area contributed by atoms with Crippen molar-refractivity contribution >= 4 is 18.0 Å². The maximum absolute atomic E-state index is 13.0. The highest BCUT2D eigenvalue weighted by Crippen LogP contribution is 2.41. The largest absolute Gasteiger partial charge is 0.498 e. The van der Waals surface area contributed by atoms with E-state index in [4.69, 9.17) is 24.1 Å². The molecule has 2 amide bonds. The van der Waals surface area contributed by atoms with E-state index in [0.717, 1.165) is 37.9 Å². The number of nitrogens with one attached hydrogen (secondary N) is 1. The predicted octanol–water partition coefficient (Wildman–Crippen LogP) is 3.24. The van der Waals surface area contributed by atoms with Gasteiger partial charge in [0, 0.05) is 19.4 Å². The number of hydrogen-bond acceptors (Lipinski definition) is 7. The Morgan fingerprint density at radius 2 is 1.97 bits per heavy atom. The molecule has 2 heterocycles. The third-order valence-corrected chi connectivity index (χ3v) is 7.90. The number of likely N-dealkylation sites (tertiary alicyclic amines) is 1. The first kappa shape index (κ1) is 27.7. The highest BCUT2D eigenvalue weighted by atomic mass is 16.6. The van der Waals surface area contributed by atoms with Crippen LogP contribution in [0.2, 0.25) is 0 Å². The van der Waals surface area contributed by atoms with Crippen LogP contribution in [0, 0.1) is 11.8 Å². The van der Waals surface area contributed by atoms with Crippen LogP contribution < -0.4 is 5.32 Å². The molecule has 3 fully saturated rings. The van der Waals surface area contributed by atoms with E-state index in [2.05, 4.69) is 11.4 Å². The lowest BCUT2D eigenvalue weighted by Crippen LogP contribution is -2.65. The van der Waals surface area contributed by atoms with Crippen LogP contribution in [-0.2, 0) is 28.5 Å².